The summed E-state index contributed by atoms with van der Waals surface area (Å²) in [7, 11) is 0. The second-order valence-corrected chi connectivity index (χ2v) is 6.15. The van der Waals surface area contributed by atoms with Gasteiger partial charge in [-0.1, -0.05) is 41.9 Å². The Labute approximate surface area is 156 Å². The molecule has 0 unspecified atom stereocenters. The Hall–Kier alpha value is -3.03. The molecule has 3 rings (SSSR count). The van der Waals surface area contributed by atoms with Crippen LogP contribution in [0.4, 0.5) is 5.69 Å². The minimum atomic E-state index is -0.779. The molecular weight excluding hydrogens is 381 g/mol. The summed E-state index contributed by atoms with van der Waals surface area (Å²) < 4.78 is 1.19. The molecule has 0 atom stereocenters. The van der Waals surface area contributed by atoms with E-state index in [0.29, 0.717) is 10.7 Å². The van der Waals surface area contributed by atoms with Crippen molar-refractivity contribution in [2.45, 2.75) is 0 Å². The number of hydrogen-bond donors (Lipinski definition) is 1. The highest BCUT2D eigenvalue weighted by molar-refractivity contribution is 6.42. The molecular formula is C17H10Cl2N3O4-. The Kier molecular flexibility index (Phi) is 4.58. The van der Waals surface area contributed by atoms with E-state index in [4.69, 9.17) is 23.2 Å². The third-order valence-electron chi connectivity index (χ3n) is 3.69. The van der Waals surface area contributed by atoms with Crippen molar-refractivity contribution in [2.24, 2.45) is 0 Å². The number of halogens is 2. The summed E-state index contributed by atoms with van der Waals surface area (Å²) in [6.45, 7) is 3.75. The normalized spacial score (nSPS) is 11.7. The van der Waals surface area contributed by atoms with Crippen LogP contribution in [0.1, 0.15) is 5.56 Å². The zero-order chi connectivity index (χ0) is 19.0. The molecule has 0 saturated carbocycles. The number of nitrogens with one attached hydrogen (secondary N) is 1. The Morgan fingerprint density at radius 2 is 1.92 bits per heavy atom. The average Bonchev–Trinajstić information content (AvgIpc) is 2.87. The number of nitro benzene ring substituents is 1. The van der Waals surface area contributed by atoms with Crippen LogP contribution in [0.3, 0.4) is 0 Å². The highest BCUT2D eigenvalue weighted by Gasteiger charge is 2.10. The number of hydrogen-bond acceptors (Lipinski definition) is 4. The maximum atomic E-state index is 12.7. The molecule has 0 amide bonds. The molecule has 2 aromatic carbocycles. The van der Waals surface area contributed by atoms with Gasteiger partial charge in [-0.2, -0.15) is 0 Å². The van der Waals surface area contributed by atoms with Crippen molar-refractivity contribution in [3.63, 3.8) is 0 Å². The molecule has 0 radical (unpaired) electrons. The van der Waals surface area contributed by atoms with Gasteiger partial charge in [0.15, 0.2) is 0 Å². The van der Waals surface area contributed by atoms with E-state index in [1.807, 2.05) is 0 Å². The molecule has 0 bridgehead atoms. The smallest absolute Gasteiger partial charge is 0.279 e. The summed E-state index contributed by atoms with van der Waals surface area (Å²) in [5.74, 6) is -0.779. The number of nitro groups is 1. The molecule has 1 N–H and O–H groups in total. The second kappa shape index (κ2) is 6.70. The van der Waals surface area contributed by atoms with Crippen molar-refractivity contribution in [3.05, 3.63) is 83.0 Å². The first-order valence-corrected chi connectivity index (χ1v) is 7.96. The van der Waals surface area contributed by atoms with E-state index in [0.717, 1.165) is 6.07 Å². The Morgan fingerprint density at radius 3 is 2.58 bits per heavy atom. The first-order chi connectivity index (χ1) is 12.3. The van der Waals surface area contributed by atoms with Gasteiger partial charge in [0.2, 0.25) is 0 Å². The van der Waals surface area contributed by atoms with Crippen LogP contribution in [0.5, 0.6) is 5.75 Å². The van der Waals surface area contributed by atoms with E-state index >= 15 is 0 Å². The van der Waals surface area contributed by atoms with Gasteiger partial charge in [0.25, 0.3) is 11.2 Å². The Balaban J connectivity index is 2.21. The SMILES string of the molecule is C=c1[nH]n(-c2ccc(Cl)c(Cl)c2)c(=O)/c1=C\c1cccc([N+](=O)[O-])c1[O-]. The molecule has 0 aliphatic heterocycles. The van der Waals surface area contributed by atoms with Crippen LogP contribution < -0.4 is 21.2 Å². The van der Waals surface area contributed by atoms with Gasteiger partial charge in [-0.25, -0.2) is 4.68 Å². The molecule has 0 aliphatic carbocycles. The standard InChI is InChI=1S/C17H11Cl2N3O4/c1-9-12(7-10-3-2-4-15(16(10)23)22(25)26)17(24)21(20-9)11-5-6-13(18)14(19)8-11/h2-8,20,23H,1H2/p-1/b12-7-. The van der Waals surface area contributed by atoms with E-state index in [2.05, 4.69) is 11.7 Å². The van der Waals surface area contributed by atoms with E-state index in [-0.39, 0.29) is 21.2 Å². The third-order valence-corrected chi connectivity index (χ3v) is 4.43. The fraction of sp³-hybridized carbons (Fsp3) is 0. The number of para-hydroxylation sites is 1. The number of benzene rings is 2. The number of H-pyrrole nitrogens is 1. The largest absolute Gasteiger partial charge is 0.867 e. The van der Waals surface area contributed by atoms with Crippen LogP contribution in [-0.2, 0) is 0 Å². The maximum Gasteiger partial charge on any atom is 0.279 e. The summed E-state index contributed by atoms with van der Waals surface area (Å²) >= 11 is 11.8. The second-order valence-electron chi connectivity index (χ2n) is 5.34. The zero-order valence-corrected chi connectivity index (χ0v) is 14.5. The number of aromatic amines is 1. The van der Waals surface area contributed by atoms with Crippen LogP contribution in [0, 0.1) is 10.1 Å². The van der Waals surface area contributed by atoms with E-state index in [1.54, 1.807) is 6.07 Å². The minimum absolute atomic E-state index is 0.0153. The van der Waals surface area contributed by atoms with Crippen molar-refractivity contribution in [2.75, 3.05) is 0 Å². The molecule has 7 nitrogen and oxygen atoms in total. The van der Waals surface area contributed by atoms with Crippen LogP contribution >= 0.6 is 23.2 Å². The molecule has 0 saturated heterocycles. The molecule has 26 heavy (non-hydrogen) atoms. The van der Waals surface area contributed by atoms with Crippen LogP contribution in [0.2, 0.25) is 10.0 Å². The van der Waals surface area contributed by atoms with Crippen molar-refractivity contribution in [1.29, 1.82) is 0 Å². The van der Waals surface area contributed by atoms with E-state index in [9.17, 15) is 20.0 Å². The Morgan fingerprint density at radius 1 is 1.19 bits per heavy atom. The van der Waals surface area contributed by atoms with E-state index in [1.165, 1.54) is 35.0 Å². The zero-order valence-electron chi connectivity index (χ0n) is 13.0. The van der Waals surface area contributed by atoms with Crippen molar-refractivity contribution in [1.82, 2.24) is 9.78 Å². The van der Waals surface area contributed by atoms with Gasteiger partial charge in [0.1, 0.15) is 0 Å². The van der Waals surface area contributed by atoms with Gasteiger partial charge in [0.05, 0.1) is 31.2 Å². The fourth-order valence-corrected chi connectivity index (χ4v) is 2.70. The lowest BCUT2D eigenvalue weighted by atomic mass is 10.1. The van der Waals surface area contributed by atoms with Crippen molar-refractivity contribution < 1.29 is 10.0 Å². The highest BCUT2D eigenvalue weighted by Crippen LogP contribution is 2.26. The topological polar surface area (TPSA) is 104 Å². The quantitative estimate of drug-likeness (QED) is 0.542. The Bertz CT molecular complexity index is 1200. The first-order valence-electron chi connectivity index (χ1n) is 7.21. The summed E-state index contributed by atoms with van der Waals surface area (Å²) in [6.07, 6.45) is 1.27. The fourth-order valence-electron chi connectivity index (χ4n) is 2.41. The molecule has 3 aromatic rings. The van der Waals surface area contributed by atoms with Gasteiger partial charge in [-0.15, -0.1) is 0 Å². The predicted octanol–water partition coefficient (Wildman–Crippen LogP) is 1.69. The lowest BCUT2D eigenvalue weighted by molar-refractivity contribution is -0.398. The third kappa shape index (κ3) is 3.10. The van der Waals surface area contributed by atoms with Crippen molar-refractivity contribution >= 4 is 41.5 Å². The molecule has 0 fully saturated rings. The van der Waals surface area contributed by atoms with Crippen LogP contribution in [0.25, 0.3) is 18.3 Å². The predicted molar refractivity (Wildman–Crippen MR) is 97.3 cm³/mol. The lowest BCUT2D eigenvalue weighted by Gasteiger charge is -2.09. The monoisotopic (exact) mass is 390 g/mol. The molecule has 9 heteroatoms. The van der Waals surface area contributed by atoms with Gasteiger partial charge in [0, 0.05) is 6.07 Å². The number of rotatable bonds is 3. The van der Waals surface area contributed by atoms with Gasteiger partial charge >= 0.3 is 0 Å². The highest BCUT2D eigenvalue weighted by atomic mass is 35.5. The number of aromatic nitrogens is 2. The van der Waals surface area contributed by atoms with Crippen LogP contribution in [-0.4, -0.2) is 14.7 Å². The number of nitrogens with zero attached hydrogens (tertiary/aromatic N) is 2. The lowest BCUT2D eigenvalue weighted by Crippen LogP contribution is -2.34. The van der Waals surface area contributed by atoms with E-state index < -0.39 is 21.9 Å². The average molecular weight is 391 g/mol. The molecule has 1 heterocycles. The first kappa shape index (κ1) is 17.8. The molecule has 1 aromatic heterocycles. The molecule has 0 aliphatic rings. The molecule has 0 spiro atoms. The maximum absolute atomic E-state index is 12.7. The van der Waals surface area contributed by atoms with Gasteiger partial charge in [-0.05, 0) is 35.6 Å². The molecule has 132 valence electrons. The summed E-state index contributed by atoms with van der Waals surface area (Å²) in [5.41, 5.74) is -0.610. The van der Waals surface area contributed by atoms with Crippen molar-refractivity contribution in [3.8, 4) is 11.4 Å². The van der Waals surface area contributed by atoms with Crippen LogP contribution in [0.15, 0.2) is 41.2 Å². The van der Waals surface area contributed by atoms with Gasteiger partial charge in [-0.3, -0.25) is 20.0 Å². The van der Waals surface area contributed by atoms with Gasteiger partial charge < -0.3 is 5.11 Å². The summed E-state index contributed by atoms with van der Waals surface area (Å²) in [6, 6.07) is 8.49. The minimum Gasteiger partial charge on any atom is -0.867 e. The summed E-state index contributed by atoms with van der Waals surface area (Å²) in [4.78, 5) is 22.8. The summed E-state index contributed by atoms with van der Waals surface area (Å²) in [5, 5.41) is 26.8.